The summed E-state index contributed by atoms with van der Waals surface area (Å²) < 4.78 is 4.46. The number of benzene rings is 1. The standard InChI is InChI=1S/C7H5ClO3/c8-7(10)11-6-3-1-2-5(9)4-6/h1-4,9H. The molecule has 0 radical (unpaired) electrons. The summed E-state index contributed by atoms with van der Waals surface area (Å²) >= 11 is 4.92. The van der Waals surface area contributed by atoms with Crippen LogP contribution in [0.15, 0.2) is 24.3 Å². The van der Waals surface area contributed by atoms with E-state index in [2.05, 4.69) is 4.74 Å². The molecule has 0 atom stereocenters. The van der Waals surface area contributed by atoms with Crippen molar-refractivity contribution < 1.29 is 14.6 Å². The maximum Gasteiger partial charge on any atom is 0.409 e. The van der Waals surface area contributed by atoms with Crippen molar-refractivity contribution in [3.05, 3.63) is 24.3 Å². The Bertz CT molecular complexity index is 272. The normalized spacial score (nSPS) is 9.18. The molecule has 0 saturated carbocycles. The molecule has 0 aliphatic carbocycles. The van der Waals surface area contributed by atoms with Crippen LogP contribution in [0.3, 0.4) is 0 Å². The van der Waals surface area contributed by atoms with Crippen molar-refractivity contribution in [2.75, 3.05) is 0 Å². The van der Waals surface area contributed by atoms with Gasteiger partial charge in [0, 0.05) is 17.7 Å². The van der Waals surface area contributed by atoms with Crippen molar-refractivity contribution in [2.24, 2.45) is 0 Å². The van der Waals surface area contributed by atoms with E-state index in [1.165, 1.54) is 18.2 Å². The number of aromatic hydroxyl groups is 1. The number of ether oxygens (including phenoxy) is 1. The zero-order valence-corrected chi connectivity index (χ0v) is 6.21. The van der Waals surface area contributed by atoms with Crippen molar-refractivity contribution in [3.8, 4) is 11.5 Å². The van der Waals surface area contributed by atoms with Crippen LogP contribution in [-0.2, 0) is 0 Å². The minimum absolute atomic E-state index is 0.0282. The van der Waals surface area contributed by atoms with Gasteiger partial charge in [0.2, 0.25) is 0 Å². The Labute approximate surface area is 68.2 Å². The molecular formula is C7H5ClO3. The Kier molecular flexibility index (Phi) is 2.33. The summed E-state index contributed by atoms with van der Waals surface area (Å²) in [6, 6.07) is 5.82. The van der Waals surface area contributed by atoms with E-state index in [4.69, 9.17) is 16.7 Å². The minimum atomic E-state index is -0.921. The Morgan fingerprint density at radius 3 is 2.82 bits per heavy atom. The van der Waals surface area contributed by atoms with Gasteiger partial charge in [-0.2, -0.15) is 0 Å². The van der Waals surface area contributed by atoms with Gasteiger partial charge in [-0.05, 0) is 12.1 Å². The van der Waals surface area contributed by atoms with Gasteiger partial charge in [-0.3, -0.25) is 0 Å². The Morgan fingerprint density at radius 1 is 1.55 bits per heavy atom. The second kappa shape index (κ2) is 3.25. The molecule has 0 bridgehead atoms. The Hall–Kier alpha value is -1.22. The first-order valence-corrected chi connectivity index (χ1v) is 3.22. The Balaban J connectivity index is 2.79. The lowest BCUT2D eigenvalue weighted by Gasteiger charge is -1.98. The lowest BCUT2D eigenvalue weighted by Crippen LogP contribution is -1.94. The van der Waals surface area contributed by atoms with E-state index in [1.807, 2.05) is 0 Å². The summed E-state index contributed by atoms with van der Waals surface area (Å²) in [5, 5.41) is 8.89. The molecule has 1 rings (SSSR count). The number of halogens is 1. The predicted octanol–water partition coefficient (Wildman–Crippen LogP) is 2.13. The molecule has 0 heterocycles. The molecule has 4 heteroatoms. The van der Waals surface area contributed by atoms with Crippen LogP contribution in [0.2, 0.25) is 0 Å². The first kappa shape index (κ1) is 7.88. The molecule has 0 aliphatic rings. The van der Waals surface area contributed by atoms with Crippen molar-refractivity contribution in [1.29, 1.82) is 0 Å². The van der Waals surface area contributed by atoms with Gasteiger partial charge in [-0.1, -0.05) is 6.07 Å². The second-order valence-electron chi connectivity index (χ2n) is 1.84. The quantitative estimate of drug-likeness (QED) is 0.660. The smallest absolute Gasteiger partial charge is 0.409 e. The Morgan fingerprint density at radius 2 is 2.27 bits per heavy atom. The largest absolute Gasteiger partial charge is 0.508 e. The van der Waals surface area contributed by atoms with Crippen molar-refractivity contribution in [2.45, 2.75) is 0 Å². The molecule has 0 unspecified atom stereocenters. The SMILES string of the molecule is O=C(Cl)Oc1cccc(O)c1. The van der Waals surface area contributed by atoms with E-state index in [9.17, 15) is 4.79 Å². The van der Waals surface area contributed by atoms with Gasteiger partial charge in [-0.25, -0.2) is 4.79 Å². The summed E-state index contributed by atoms with van der Waals surface area (Å²) in [6.07, 6.45) is 0. The number of carbonyl (C=O) groups excluding carboxylic acids is 1. The first-order valence-electron chi connectivity index (χ1n) is 2.85. The summed E-state index contributed by atoms with van der Waals surface area (Å²) in [5.74, 6) is 0.255. The van der Waals surface area contributed by atoms with E-state index in [1.54, 1.807) is 6.07 Å². The van der Waals surface area contributed by atoms with E-state index in [0.717, 1.165) is 0 Å². The summed E-state index contributed by atoms with van der Waals surface area (Å²) in [4.78, 5) is 10.2. The number of hydrogen-bond acceptors (Lipinski definition) is 3. The average Bonchev–Trinajstić information content (AvgIpc) is 1.85. The lowest BCUT2D eigenvalue weighted by molar-refractivity contribution is 0.225. The lowest BCUT2D eigenvalue weighted by atomic mass is 10.3. The van der Waals surface area contributed by atoms with Gasteiger partial charge in [0.15, 0.2) is 0 Å². The van der Waals surface area contributed by atoms with Crippen LogP contribution in [0.5, 0.6) is 11.5 Å². The third-order valence-electron chi connectivity index (χ3n) is 1.02. The highest BCUT2D eigenvalue weighted by atomic mass is 35.5. The topological polar surface area (TPSA) is 46.5 Å². The monoisotopic (exact) mass is 172 g/mol. The molecule has 11 heavy (non-hydrogen) atoms. The third kappa shape index (κ3) is 2.47. The van der Waals surface area contributed by atoms with Crippen molar-refractivity contribution in [1.82, 2.24) is 0 Å². The fourth-order valence-electron chi connectivity index (χ4n) is 0.640. The van der Waals surface area contributed by atoms with Gasteiger partial charge >= 0.3 is 5.43 Å². The van der Waals surface area contributed by atoms with Gasteiger partial charge in [0.1, 0.15) is 11.5 Å². The van der Waals surface area contributed by atoms with Crippen LogP contribution in [0, 0.1) is 0 Å². The highest BCUT2D eigenvalue weighted by molar-refractivity contribution is 6.61. The van der Waals surface area contributed by atoms with Crippen LogP contribution in [0.4, 0.5) is 4.79 Å². The van der Waals surface area contributed by atoms with Crippen molar-refractivity contribution >= 4 is 17.0 Å². The molecule has 58 valence electrons. The fourth-order valence-corrected chi connectivity index (χ4v) is 0.729. The summed E-state index contributed by atoms with van der Waals surface area (Å²) in [5.41, 5.74) is -0.921. The van der Waals surface area contributed by atoms with E-state index < -0.39 is 5.43 Å². The highest BCUT2D eigenvalue weighted by Gasteiger charge is 1.99. The van der Waals surface area contributed by atoms with E-state index >= 15 is 0 Å². The molecule has 1 aromatic rings. The molecular weight excluding hydrogens is 168 g/mol. The zero-order valence-electron chi connectivity index (χ0n) is 5.45. The molecule has 0 aliphatic heterocycles. The van der Waals surface area contributed by atoms with Gasteiger partial charge < -0.3 is 9.84 Å². The van der Waals surface area contributed by atoms with Crippen molar-refractivity contribution in [3.63, 3.8) is 0 Å². The van der Waals surface area contributed by atoms with Gasteiger partial charge in [0.05, 0.1) is 0 Å². The number of phenols is 1. The van der Waals surface area contributed by atoms with Crippen LogP contribution in [-0.4, -0.2) is 10.5 Å². The molecule has 0 amide bonds. The molecule has 1 N–H and O–H groups in total. The highest BCUT2D eigenvalue weighted by Crippen LogP contribution is 2.18. The first-order chi connectivity index (χ1) is 5.18. The van der Waals surface area contributed by atoms with Crippen LogP contribution >= 0.6 is 11.6 Å². The van der Waals surface area contributed by atoms with Crippen LogP contribution in [0.25, 0.3) is 0 Å². The molecule has 0 aromatic heterocycles. The maximum atomic E-state index is 10.2. The predicted molar refractivity (Wildman–Crippen MR) is 40.0 cm³/mol. The zero-order chi connectivity index (χ0) is 8.27. The van der Waals surface area contributed by atoms with Crippen LogP contribution < -0.4 is 4.74 Å². The van der Waals surface area contributed by atoms with Gasteiger partial charge in [-0.15, -0.1) is 0 Å². The number of rotatable bonds is 1. The summed E-state index contributed by atoms with van der Waals surface area (Å²) in [6.45, 7) is 0. The molecule has 3 nitrogen and oxygen atoms in total. The minimum Gasteiger partial charge on any atom is -0.508 e. The molecule has 0 spiro atoms. The maximum absolute atomic E-state index is 10.2. The number of phenolic OH excluding ortho intramolecular Hbond substituents is 1. The fraction of sp³-hybridized carbons (Fsp3) is 0. The molecule has 0 saturated heterocycles. The summed E-state index contributed by atoms with van der Waals surface area (Å²) in [7, 11) is 0. The second-order valence-corrected chi connectivity index (χ2v) is 2.15. The average molecular weight is 173 g/mol. The van der Waals surface area contributed by atoms with Crippen LogP contribution in [0.1, 0.15) is 0 Å². The molecule has 0 fully saturated rings. The van der Waals surface area contributed by atoms with Gasteiger partial charge in [0.25, 0.3) is 0 Å². The van der Waals surface area contributed by atoms with E-state index in [0.29, 0.717) is 0 Å². The third-order valence-corrected chi connectivity index (χ3v) is 1.09. The van der Waals surface area contributed by atoms with E-state index in [-0.39, 0.29) is 11.5 Å². The number of hydrogen-bond donors (Lipinski definition) is 1. The molecule has 1 aromatic carbocycles. The number of carbonyl (C=O) groups is 1.